The van der Waals surface area contributed by atoms with Crippen LogP contribution in [0.2, 0.25) is 0 Å². The molecule has 1 aromatic heterocycles. The number of β-amino-alcohol motifs (C(OH)–C–C–N with tert-alkyl or cyclic N) is 1. The molecule has 112 valence electrons. The van der Waals surface area contributed by atoms with Crippen molar-refractivity contribution in [3.8, 4) is 0 Å². The van der Waals surface area contributed by atoms with Gasteiger partial charge in [0, 0.05) is 31.1 Å². The van der Waals surface area contributed by atoms with Gasteiger partial charge in [-0.3, -0.25) is 4.79 Å². The van der Waals surface area contributed by atoms with E-state index in [1.54, 1.807) is 6.92 Å². The van der Waals surface area contributed by atoms with Crippen molar-refractivity contribution in [2.75, 3.05) is 19.6 Å². The minimum atomic E-state index is -0.938. The van der Waals surface area contributed by atoms with Crippen molar-refractivity contribution in [3.05, 3.63) is 35.0 Å². The van der Waals surface area contributed by atoms with E-state index in [1.807, 2.05) is 0 Å². The zero-order chi connectivity index (χ0) is 15.2. The molecule has 0 saturated carbocycles. The van der Waals surface area contributed by atoms with Crippen LogP contribution in [0.5, 0.6) is 0 Å². The number of amides is 1. The van der Waals surface area contributed by atoms with E-state index in [4.69, 9.17) is 0 Å². The van der Waals surface area contributed by atoms with Crippen LogP contribution in [-0.2, 0) is 0 Å². The molecular weight excluding hydrogens is 280 g/mol. The van der Waals surface area contributed by atoms with Gasteiger partial charge in [0.25, 0.3) is 5.91 Å². The number of carbonyl (C=O) groups excluding carboxylic acids is 1. The van der Waals surface area contributed by atoms with Crippen LogP contribution in [0.4, 0.5) is 8.78 Å². The highest BCUT2D eigenvalue weighted by atomic mass is 19.1. The fourth-order valence-electron chi connectivity index (χ4n) is 2.51. The summed E-state index contributed by atoms with van der Waals surface area (Å²) in [5.74, 6) is -1.87. The number of benzene rings is 1. The molecule has 1 aromatic carbocycles. The van der Waals surface area contributed by atoms with E-state index in [0.29, 0.717) is 18.7 Å². The molecule has 1 saturated heterocycles. The van der Waals surface area contributed by atoms with Crippen molar-refractivity contribution in [2.45, 2.75) is 12.5 Å². The van der Waals surface area contributed by atoms with Gasteiger partial charge in [-0.25, -0.2) is 8.78 Å². The van der Waals surface area contributed by atoms with E-state index < -0.39 is 23.1 Å². The van der Waals surface area contributed by atoms with E-state index in [-0.39, 0.29) is 23.1 Å². The van der Waals surface area contributed by atoms with Crippen LogP contribution >= 0.6 is 0 Å². The van der Waals surface area contributed by atoms with Crippen LogP contribution in [0.25, 0.3) is 10.9 Å². The first kappa shape index (κ1) is 14.0. The predicted octanol–water partition coefficient (Wildman–Crippen LogP) is 0.819. The van der Waals surface area contributed by atoms with Crippen LogP contribution in [0.3, 0.4) is 0 Å². The third kappa shape index (κ3) is 2.38. The summed E-state index contributed by atoms with van der Waals surface area (Å²) in [6, 6.07) is 1.93. The van der Waals surface area contributed by atoms with Gasteiger partial charge in [0.05, 0.1) is 5.52 Å². The Hall–Kier alpha value is -1.99. The summed E-state index contributed by atoms with van der Waals surface area (Å²) in [5.41, 5.74) is -0.115. The normalized spacial score (nSPS) is 16.8. The summed E-state index contributed by atoms with van der Waals surface area (Å²) < 4.78 is 27.0. The Kier molecular flexibility index (Phi) is 3.18. The molecule has 1 aliphatic heterocycles. The lowest BCUT2D eigenvalue weighted by atomic mass is 9.97. The monoisotopic (exact) mass is 295 g/mol. The molecule has 0 bridgehead atoms. The maximum Gasteiger partial charge on any atom is 0.268 e. The van der Waals surface area contributed by atoms with Crippen LogP contribution in [0, 0.1) is 18.6 Å². The SMILES string of the molecule is Cc1c(C(=O)NCC2(O)CNC2)[nH]c2cc(F)cc(F)c12. The highest BCUT2D eigenvalue weighted by molar-refractivity contribution is 6.01. The molecule has 1 fully saturated rings. The molecule has 0 unspecified atom stereocenters. The van der Waals surface area contributed by atoms with Gasteiger partial charge in [0.2, 0.25) is 0 Å². The minimum absolute atomic E-state index is 0.102. The average Bonchev–Trinajstić information content (AvgIpc) is 2.71. The maximum atomic E-state index is 13.8. The lowest BCUT2D eigenvalue weighted by molar-refractivity contribution is -0.00763. The number of rotatable bonds is 3. The molecule has 1 aliphatic rings. The molecule has 4 N–H and O–H groups in total. The molecule has 5 nitrogen and oxygen atoms in total. The van der Waals surface area contributed by atoms with Gasteiger partial charge in [-0.1, -0.05) is 0 Å². The van der Waals surface area contributed by atoms with Gasteiger partial charge in [-0.15, -0.1) is 0 Å². The van der Waals surface area contributed by atoms with Gasteiger partial charge >= 0.3 is 0 Å². The third-order valence-corrected chi connectivity index (χ3v) is 3.78. The number of H-pyrrole nitrogens is 1. The topological polar surface area (TPSA) is 77.2 Å². The Balaban J connectivity index is 1.88. The molecule has 0 radical (unpaired) electrons. The van der Waals surface area contributed by atoms with Crippen LogP contribution in [0.15, 0.2) is 12.1 Å². The Labute approximate surface area is 119 Å². The predicted molar refractivity (Wildman–Crippen MR) is 73.1 cm³/mol. The number of fused-ring (bicyclic) bond motifs is 1. The molecule has 0 atom stereocenters. The highest BCUT2D eigenvalue weighted by Gasteiger charge is 2.34. The number of aliphatic hydroxyl groups is 1. The molecule has 0 spiro atoms. The summed E-state index contributed by atoms with van der Waals surface area (Å²) in [6.45, 7) is 2.52. The standard InChI is InChI=1S/C14H15F2N3O2/c1-7-11-9(16)2-8(15)3-10(11)19-12(7)13(20)18-6-14(21)4-17-5-14/h2-3,17,19,21H,4-6H2,1H3,(H,18,20). The van der Waals surface area contributed by atoms with Gasteiger partial charge < -0.3 is 20.7 Å². The van der Waals surface area contributed by atoms with Crippen LogP contribution in [-0.4, -0.2) is 41.2 Å². The number of aryl methyl sites for hydroxylation is 1. The molecule has 0 aliphatic carbocycles. The second-order valence-corrected chi connectivity index (χ2v) is 5.45. The summed E-state index contributed by atoms with van der Waals surface area (Å²) in [6.07, 6.45) is 0. The van der Waals surface area contributed by atoms with Crippen LogP contribution in [0.1, 0.15) is 16.1 Å². The van der Waals surface area contributed by atoms with Crippen LogP contribution < -0.4 is 10.6 Å². The first-order valence-corrected chi connectivity index (χ1v) is 6.58. The minimum Gasteiger partial charge on any atom is -0.385 e. The molecule has 7 heteroatoms. The molecular formula is C14H15F2N3O2. The van der Waals surface area contributed by atoms with Crippen molar-refractivity contribution in [3.63, 3.8) is 0 Å². The quantitative estimate of drug-likeness (QED) is 0.677. The van der Waals surface area contributed by atoms with Crippen molar-refractivity contribution >= 4 is 16.8 Å². The van der Waals surface area contributed by atoms with Crippen molar-refractivity contribution in [2.24, 2.45) is 0 Å². The Morgan fingerprint density at radius 2 is 2.14 bits per heavy atom. The first-order chi connectivity index (χ1) is 9.89. The number of aromatic amines is 1. The second kappa shape index (κ2) is 4.78. The van der Waals surface area contributed by atoms with E-state index in [2.05, 4.69) is 15.6 Å². The van der Waals surface area contributed by atoms with Crippen molar-refractivity contribution in [1.29, 1.82) is 0 Å². The molecule has 2 heterocycles. The molecule has 21 heavy (non-hydrogen) atoms. The van der Waals surface area contributed by atoms with Gasteiger partial charge in [-0.2, -0.15) is 0 Å². The number of nitrogens with one attached hydrogen (secondary N) is 3. The summed E-state index contributed by atoms with van der Waals surface area (Å²) >= 11 is 0. The maximum absolute atomic E-state index is 13.8. The summed E-state index contributed by atoms with van der Waals surface area (Å²) in [4.78, 5) is 14.9. The molecule has 2 aromatic rings. The van der Waals surface area contributed by atoms with Gasteiger partial charge in [0.1, 0.15) is 22.9 Å². The zero-order valence-corrected chi connectivity index (χ0v) is 11.4. The fourth-order valence-corrected chi connectivity index (χ4v) is 2.51. The van der Waals surface area contributed by atoms with Gasteiger partial charge in [0.15, 0.2) is 0 Å². The van der Waals surface area contributed by atoms with Crippen molar-refractivity contribution < 1.29 is 18.7 Å². The summed E-state index contributed by atoms with van der Waals surface area (Å²) in [7, 11) is 0. The number of hydrogen-bond acceptors (Lipinski definition) is 3. The Bertz CT molecular complexity index is 723. The summed E-state index contributed by atoms with van der Waals surface area (Å²) in [5, 5.41) is 15.6. The Morgan fingerprint density at radius 3 is 2.76 bits per heavy atom. The van der Waals surface area contributed by atoms with E-state index in [9.17, 15) is 18.7 Å². The van der Waals surface area contributed by atoms with E-state index in [1.165, 1.54) is 0 Å². The third-order valence-electron chi connectivity index (χ3n) is 3.78. The van der Waals surface area contributed by atoms with E-state index in [0.717, 1.165) is 12.1 Å². The van der Waals surface area contributed by atoms with E-state index >= 15 is 0 Å². The first-order valence-electron chi connectivity index (χ1n) is 6.58. The number of aromatic nitrogens is 1. The lowest BCUT2D eigenvalue weighted by Gasteiger charge is -2.37. The van der Waals surface area contributed by atoms with Gasteiger partial charge in [-0.05, 0) is 18.6 Å². The Morgan fingerprint density at radius 1 is 1.43 bits per heavy atom. The number of halogens is 2. The highest BCUT2D eigenvalue weighted by Crippen LogP contribution is 2.25. The molecule has 3 rings (SSSR count). The smallest absolute Gasteiger partial charge is 0.268 e. The number of hydrogen-bond donors (Lipinski definition) is 4. The second-order valence-electron chi connectivity index (χ2n) is 5.45. The lowest BCUT2D eigenvalue weighted by Crippen LogP contribution is -2.64. The average molecular weight is 295 g/mol. The number of carbonyl (C=O) groups is 1. The largest absolute Gasteiger partial charge is 0.385 e. The molecule has 1 amide bonds. The fraction of sp³-hybridized carbons (Fsp3) is 0.357. The van der Waals surface area contributed by atoms with Crippen molar-refractivity contribution in [1.82, 2.24) is 15.6 Å². The zero-order valence-electron chi connectivity index (χ0n) is 11.4.